The van der Waals surface area contributed by atoms with Crippen LogP contribution >= 0.6 is 11.6 Å². The molecule has 1 unspecified atom stereocenters. The molecule has 1 atom stereocenters. The van der Waals surface area contributed by atoms with Crippen molar-refractivity contribution in [3.63, 3.8) is 0 Å². The number of rotatable bonds is 3. The third-order valence-electron chi connectivity index (χ3n) is 2.08. The van der Waals surface area contributed by atoms with Gasteiger partial charge < -0.3 is 10.8 Å². The lowest BCUT2D eigenvalue weighted by atomic mass is 10.0. The minimum Gasteiger partial charge on any atom is -0.395 e. The van der Waals surface area contributed by atoms with Crippen LogP contribution < -0.4 is 5.73 Å². The summed E-state index contributed by atoms with van der Waals surface area (Å²) in [5, 5.41) is 9.15. The van der Waals surface area contributed by atoms with Gasteiger partial charge in [0.2, 0.25) is 0 Å². The third kappa shape index (κ3) is 2.44. The summed E-state index contributed by atoms with van der Waals surface area (Å²) in [5.74, 6) is -0.371. The standard InChI is InChI=1S/C10H13ClFNO/c1-6-2-3-9(12)8(10(6)11)4-7(13)5-14/h2-3,7,14H,4-5,13H2,1H3. The van der Waals surface area contributed by atoms with E-state index in [1.807, 2.05) is 0 Å². The molecule has 0 spiro atoms. The fourth-order valence-corrected chi connectivity index (χ4v) is 1.46. The first-order valence-electron chi connectivity index (χ1n) is 4.36. The lowest BCUT2D eigenvalue weighted by Gasteiger charge is -2.12. The smallest absolute Gasteiger partial charge is 0.127 e. The van der Waals surface area contributed by atoms with Crippen LogP contribution in [-0.4, -0.2) is 17.8 Å². The number of aliphatic hydroxyl groups excluding tert-OH is 1. The van der Waals surface area contributed by atoms with Gasteiger partial charge in [0, 0.05) is 16.6 Å². The van der Waals surface area contributed by atoms with Gasteiger partial charge in [-0.3, -0.25) is 0 Å². The summed E-state index contributed by atoms with van der Waals surface area (Å²) in [6, 6.07) is 2.51. The van der Waals surface area contributed by atoms with E-state index in [-0.39, 0.29) is 18.8 Å². The highest BCUT2D eigenvalue weighted by molar-refractivity contribution is 6.32. The molecule has 78 valence electrons. The quantitative estimate of drug-likeness (QED) is 0.809. The van der Waals surface area contributed by atoms with Crippen LogP contribution in [0, 0.1) is 12.7 Å². The van der Waals surface area contributed by atoms with Gasteiger partial charge in [-0.2, -0.15) is 0 Å². The molecule has 4 heteroatoms. The first-order valence-corrected chi connectivity index (χ1v) is 4.74. The number of hydrogen-bond donors (Lipinski definition) is 2. The van der Waals surface area contributed by atoms with E-state index in [1.54, 1.807) is 13.0 Å². The highest BCUT2D eigenvalue weighted by atomic mass is 35.5. The second-order valence-corrected chi connectivity index (χ2v) is 3.68. The van der Waals surface area contributed by atoms with Crippen molar-refractivity contribution in [1.29, 1.82) is 0 Å². The first-order chi connectivity index (χ1) is 6.56. The number of benzene rings is 1. The SMILES string of the molecule is Cc1ccc(F)c(CC(N)CO)c1Cl. The van der Waals surface area contributed by atoms with E-state index in [2.05, 4.69) is 0 Å². The summed E-state index contributed by atoms with van der Waals surface area (Å²) in [7, 11) is 0. The molecule has 0 heterocycles. The van der Waals surface area contributed by atoms with E-state index in [1.165, 1.54) is 6.07 Å². The summed E-state index contributed by atoms with van der Waals surface area (Å²) in [6.07, 6.45) is 0.253. The molecule has 2 nitrogen and oxygen atoms in total. The van der Waals surface area contributed by atoms with Crippen molar-refractivity contribution in [2.24, 2.45) is 5.73 Å². The summed E-state index contributed by atoms with van der Waals surface area (Å²) in [4.78, 5) is 0. The van der Waals surface area contributed by atoms with E-state index in [4.69, 9.17) is 22.4 Å². The third-order valence-corrected chi connectivity index (χ3v) is 2.61. The van der Waals surface area contributed by atoms with Crippen molar-refractivity contribution < 1.29 is 9.50 Å². The van der Waals surface area contributed by atoms with Crippen LogP contribution in [0.2, 0.25) is 5.02 Å². The second-order valence-electron chi connectivity index (χ2n) is 3.30. The zero-order valence-electron chi connectivity index (χ0n) is 7.93. The maximum Gasteiger partial charge on any atom is 0.127 e. The van der Waals surface area contributed by atoms with Crippen molar-refractivity contribution in [2.45, 2.75) is 19.4 Å². The Morgan fingerprint density at radius 1 is 1.57 bits per heavy atom. The largest absolute Gasteiger partial charge is 0.395 e. The number of aryl methyl sites for hydroxylation is 1. The Kier molecular flexibility index (Phi) is 3.86. The van der Waals surface area contributed by atoms with E-state index >= 15 is 0 Å². The molecule has 0 saturated carbocycles. The van der Waals surface area contributed by atoms with Crippen molar-refractivity contribution >= 4 is 11.6 Å². The molecule has 0 aromatic heterocycles. The molecular weight excluding hydrogens is 205 g/mol. The van der Waals surface area contributed by atoms with Crippen LogP contribution in [0.25, 0.3) is 0 Å². The Morgan fingerprint density at radius 2 is 2.21 bits per heavy atom. The lowest BCUT2D eigenvalue weighted by molar-refractivity contribution is 0.264. The summed E-state index contributed by atoms with van der Waals surface area (Å²) in [6.45, 7) is 1.62. The van der Waals surface area contributed by atoms with Gasteiger partial charge in [-0.1, -0.05) is 17.7 Å². The van der Waals surface area contributed by atoms with E-state index in [0.29, 0.717) is 10.6 Å². The van der Waals surface area contributed by atoms with Gasteiger partial charge in [-0.05, 0) is 25.0 Å². The minimum absolute atomic E-state index is 0.177. The van der Waals surface area contributed by atoms with Gasteiger partial charge in [-0.15, -0.1) is 0 Å². The van der Waals surface area contributed by atoms with Crippen molar-refractivity contribution in [3.05, 3.63) is 34.1 Å². The van der Waals surface area contributed by atoms with Gasteiger partial charge >= 0.3 is 0 Å². The topological polar surface area (TPSA) is 46.2 Å². The molecule has 0 saturated heterocycles. The highest BCUT2D eigenvalue weighted by Gasteiger charge is 2.12. The zero-order chi connectivity index (χ0) is 10.7. The first kappa shape index (κ1) is 11.4. The number of nitrogens with two attached hydrogens (primary N) is 1. The van der Waals surface area contributed by atoms with Crippen LogP contribution in [0.5, 0.6) is 0 Å². The maximum atomic E-state index is 13.3. The Bertz CT molecular complexity index is 330. The Hall–Kier alpha value is -0.640. The van der Waals surface area contributed by atoms with E-state index in [0.717, 1.165) is 5.56 Å². The zero-order valence-corrected chi connectivity index (χ0v) is 8.68. The molecule has 0 radical (unpaired) electrons. The lowest BCUT2D eigenvalue weighted by Crippen LogP contribution is -2.27. The number of hydrogen-bond acceptors (Lipinski definition) is 2. The van der Waals surface area contributed by atoms with Crippen molar-refractivity contribution in [1.82, 2.24) is 0 Å². The van der Waals surface area contributed by atoms with Crippen LogP contribution in [0.3, 0.4) is 0 Å². The van der Waals surface area contributed by atoms with Crippen molar-refractivity contribution in [3.8, 4) is 0 Å². The summed E-state index contributed by atoms with van der Waals surface area (Å²) < 4.78 is 13.3. The van der Waals surface area contributed by atoms with Gasteiger partial charge in [0.25, 0.3) is 0 Å². The molecule has 0 aliphatic rings. The van der Waals surface area contributed by atoms with Gasteiger partial charge in [0.1, 0.15) is 5.82 Å². The molecule has 0 aliphatic heterocycles. The molecule has 1 rings (SSSR count). The van der Waals surface area contributed by atoms with Crippen LogP contribution in [0.15, 0.2) is 12.1 Å². The Balaban J connectivity index is 3.00. The monoisotopic (exact) mass is 217 g/mol. The molecule has 0 bridgehead atoms. The molecular formula is C10H13ClFNO. The normalized spacial score (nSPS) is 12.9. The van der Waals surface area contributed by atoms with E-state index < -0.39 is 6.04 Å². The fraction of sp³-hybridized carbons (Fsp3) is 0.400. The molecule has 0 fully saturated rings. The van der Waals surface area contributed by atoms with E-state index in [9.17, 15) is 4.39 Å². The average Bonchev–Trinajstić information content (AvgIpc) is 2.18. The Morgan fingerprint density at radius 3 is 2.79 bits per heavy atom. The maximum absolute atomic E-state index is 13.3. The number of halogens is 2. The average molecular weight is 218 g/mol. The van der Waals surface area contributed by atoms with Gasteiger partial charge in [0.05, 0.1) is 6.61 Å². The molecule has 1 aromatic rings. The van der Waals surface area contributed by atoms with Crippen molar-refractivity contribution in [2.75, 3.05) is 6.61 Å². The molecule has 1 aromatic carbocycles. The summed E-state index contributed by atoms with van der Waals surface area (Å²) in [5.41, 5.74) is 6.71. The van der Waals surface area contributed by atoms with Crippen LogP contribution in [0.4, 0.5) is 4.39 Å². The molecule has 0 aliphatic carbocycles. The van der Waals surface area contributed by atoms with Gasteiger partial charge in [0.15, 0.2) is 0 Å². The predicted octanol–water partition coefficient (Wildman–Crippen LogP) is 1.65. The number of aliphatic hydroxyl groups is 1. The highest BCUT2D eigenvalue weighted by Crippen LogP contribution is 2.24. The molecule has 3 N–H and O–H groups in total. The van der Waals surface area contributed by atoms with Crippen LogP contribution in [-0.2, 0) is 6.42 Å². The second kappa shape index (κ2) is 4.73. The van der Waals surface area contributed by atoms with Gasteiger partial charge in [-0.25, -0.2) is 4.39 Å². The fourth-order valence-electron chi connectivity index (χ4n) is 1.23. The molecule has 14 heavy (non-hydrogen) atoms. The van der Waals surface area contributed by atoms with Crippen LogP contribution in [0.1, 0.15) is 11.1 Å². The summed E-state index contributed by atoms with van der Waals surface area (Å²) >= 11 is 5.92. The predicted molar refractivity (Wildman–Crippen MR) is 54.9 cm³/mol. The molecule has 0 amide bonds. The minimum atomic E-state index is -0.469. The Labute approximate surface area is 87.5 Å².